The van der Waals surface area contributed by atoms with Gasteiger partial charge in [0.15, 0.2) is 0 Å². The van der Waals surface area contributed by atoms with Crippen LogP contribution in [-0.4, -0.2) is 125 Å². The molecule has 0 radical (unpaired) electrons. The van der Waals surface area contributed by atoms with Gasteiger partial charge in [0.2, 0.25) is 0 Å². The maximum Gasteiger partial charge on any atom is 0.333 e. The van der Waals surface area contributed by atoms with Crippen LogP contribution in [0, 0.1) is 0 Å². The van der Waals surface area contributed by atoms with Crippen LogP contribution in [0.3, 0.4) is 0 Å². The summed E-state index contributed by atoms with van der Waals surface area (Å²) in [6.45, 7) is 0. The van der Waals surface area contributed by atoms with E-state index in [4.69, 9.17) is 0 Å². The summed E-state index contributed by atoms with van der Waals surface area (Å²) < 4.78 is 0. The number of carbonyl (C=O) groups excluding carboxylic acids is 9. The van der Waals surface area contributed by atoms with Crippen molar-refractivity contribution in [3.8, 4) is 0 Å². The number of imide groups is 6. The SMILES string of the molecule is CN1C(=O)C(=CNc2ccc(N(c3ccc(NC=C4C(=O)N(C)C(=O)N(C)C4=O)cc3)c3ccc(NC=C4C(=O)N(C)C(=O)N(C)C4=O)cc3)cc2)C(=O)N(C)C1=O. The molecule has 19 heteroatoms. The van der Waals surface area contributed by atoms with Gasteiger partial charge in [0.1, 0.15) is 16.7 Å². The largest absolute Gasteiger partial charge is 0.361 e. The number of likely N-dealkylation sites (N-methyl/N-ethyl adjacent to an activating group) is 6. The van der Waals surface area contributed by atoms with Gasteiger partial charge >= 0.3 is 18.1 Å². The van der Waals surface area contributed by atoms with Crippen molar-refractivity contribution in [2.45, 2.75) is 0 Å². The maximum atomic E-state index is 12.6. The second kappa shape index (κ2) is 15.6. The van der Waals surface area contributed by atoms with Gasteiger partial charge in [-0.25, -0.2) is 14.4 Å². The van der Waals surface area contributed by atoms with Crippen molar-refractivity contribution >= 4 is 87.7 Å². The predicted octanol–water partition coefficient (Wildman–Crippen LogP) is 3.20. The molecule has 3 N–H and O–H groups in total. The average Bonchev–Trinajstić information content (AvgIpc) is 3.23. The highest BCUT2D eigenvalue weighted by Crippen LogP contribution is 2.36. The molecule has 3 fully saturated rings. The average molecular weight is 789 g/mol. The fourth-order valence-corrected chi connectivity index (χ4v) is 5.96. The standard InChI is InChI=1S/C39H36N10O9/c1-43-31(50)28(32(51)44(2)37(43)56)19-40-22-7-13-25(14-8-22)49(26-15-9-23(10-16-26)41-20-29-33(52)45(3)38(57)46(4)34(29)53)27-17-11-24(12-18-27)42-21-30-35(54)47(5)39(58)48(6)36(30)55/h7-21,40-42H,1-6H3. The molecule has 0 aromatic heterocycles. The molecule has 0 atom stereocenters. The molecule has 0 saturated carbocycles. The molecule has 3 saturated heterocycles. The molecule has 0 unspecified atom stereocenters. The van der Waals surface area contributed by atoms with Crippen molar-refractivity contribution in [3.63, 3.8) is 0 Å². The Kier molecular flexibility index (Phi) is 10.6. The van der Waals surface area contributed by atoms with E-state index in [1.165, 1.54) is 60.9 Å². The molecule has 0 spiro atoms. The molecule has 12 amide bonds. The van der Waals surface area contributed by atoms with E-state index in [0.29, 0.717) is 34.1 Å². The first kappa shape index (κ1) is 39.6. The number of hydrogen-bond donors (Lipinski definition) is 3. The first-order valence-electron chi connectivity index (χ1n) is 17.3. The van der Waals surface area contributed by atoms with Crippen LogP contribution < -0.4 is 20.9 Å². The third-order valence-electron chi connectivity index (χ3n) is 9.46. The molecule has 3 aliphatic rings. The highest BCUT2D eigenvalue weighted by atomic mass is 16.2. The van der Waals surface area contributed by atoms with E-state index in [-0.39, 0.29) is 16.7 Å². The molecule has 0 bridgehead atoms. The van der Waals surface area contributed by atoms with Crippen molar-refractivity contribution in [2.24, 2.45) is 0 Å². The van der Waals surface area contributed by atoms with Crippen LogP contribution in [-0.2, 0) is 28.8 Å². The summed E-state index contributed by atoms with van der Waals surface area (Å²) in [4.78, 5) is 119. The van der Waals surface area contributed by atoms with E-state index in [1.54, 1.807) is 72.8 Å². The number of anilines is 6. The van der Waals surface area contributed by atoms with Crippen LogP contribution in [0.4, 0.5) is 48.5 Å². The number of nitrogens with one attached hydrogen (secondary N) is 3. The summed E-state index contributed by atoms with van der Waals surface area (Å²) in [5.74, 6) is -4.47. The number of nitrogens with zero attached hydrogens (tertiary/aromatic N) is 7. The normalized spacial score (nSPS) is 16.4. The quantitative estimate of drug-likeness (QED) is 0.210. The van der Waals surface area contributed by atoms with E-state index in [0.717, 1.165) is 29.4 Å². The first-order valence-corrected chi connectivity index (χ1v) is 17.3. The molecule has 0 aliphatic carbocycles. The smallest absolute Gasteiger partial charge is 0.333 e. The number of carbonyl (C=O) groups is 9. The summed E-state index contributed by atoms with van der Waals surface area (Å²) in [5.41, 5.74) is 2.90. The Morgan fingerprint density at radius 1 is 0.345 bits per heavy atom. The van der Waals surface area contributed by atoms with Gasteiger partial charge in [-0.3, -0.25) is 58.2 Å². The summed E-state index contributed by atoms with van der Waals surface area (Å²) in [7, 11) is 7.69. The minimum Gasteiger partial charge on any atom is -0.361 e. The Hall–Kier alpha value is -8.09. The number of barbiturate groups is 3. The van der Waals surface area contributed by atoms with E-state index in [2.05, 4.69) is 16.0 Å². The second-order valence-electron chi connectivity index (χ2n) is 13.1. The Bertz CT molecular complexity index is 2050. The van der Waals surface area contributed by atoms with Crippen LogP contribution in [0.1, 0.15) is 0 Å². The lowest BCUT2D eigenvalue weighted by Crippen LogP contribution is -2.53. The Balaban J connectivity index is 1.28. The molecule has 3 aromatic rings. The summed E-state index contributed by atoms with van der Waals surface area (Å²) in [5, 5.41) is 8.83. The fourth-order valence-electron chi connectivity index (χ4n) is 5.96. The second-order valence-corrected chi connectivity index (χ2v) is 13.1. The van der Waals surface area contributed by atoms with Gasteiger partial charge in [-0.2, -0.15) is 0 Å². The van der Waals surface area contributed by atoms with Gasteiger partial charge < -0.3 is 20.9 Å². The fraction of sp³-hybridized carbons (Fsp3) is 0.154. The van der Waals surface area contributed by atoms with Crippen molar-refractivity contribution in [2.75, 3.05) is 63.1 Å². The number of hydrogen-bond acceptors (Lipinski definition) is 13. The third kappa shape index (κ3) is 7.21. The Morgan fingerprint density at radius 2 is 0.534 bits per heavy atom. The number of benzene rings is 3. The number of urea groups is 3. The molecule has 296 valence electrons. The molecule has 3 aromatic carbocycles. The molecule has 19 nitrogen and oxygen atoms in total. The molecule has 3 heterocycles. The summed E-state index contributed by atoms with van der Waals surface area (Å²) >= 11 is 0. The van der Waals surface area contributed by atoms with Gasteiger partial charge in [0.25, 0.3) is 35.4 Å². The Labute approximate surface area is 331 Å². The molecular formula is C39H36N10O9. The lowest BCUT2D eigenvalue weighted by Gasteiger charge is -2.29. The van der Waals surface area contributed by atoms with Crippen molar-refractivity contribution in [1.82, 2.24) is 29.4 Å². The van der Waals surface area contributed by atoms with Crippen LogP contribution in [0.2, 0.25) is 0 Å². The molecule has 6 rings (SSSR count). The van der Waals surface area contributed by atoms with Crippen LogP contribution in [0.5, 0.6) is 0 Å². The van der Waals surface area contributed by atoms with E-state index in [9.17, 15) is 43.2 Å². The third-order valence-corrected chi connectivity index (χ3v) is 9.46. The predicted molar refractivity (Wildman–Crippen MR) is 209 cm³/mol. The van der Waals surface area contributed by atoms with E-state index >= 15 is 0 Å². The van der Waals surface area contributed by atoms with Crippen LogP contribution in [0.25, 0.3) is 0 Å². The van der Waals surface area contributed by atoms with E-state index in [1.807, 2.05) is 4.90 Å². The molecular weight excluding hydrogens is 752 g/mol. The monoisotopic (exact) mass is 788 g/mol. The van der Waals surface area contributed by atoms with Gasteiger partial charge in [-0.05, 0) is 72.8 Å². The number of amides is 12. The van der Waals surface area contributed by atoms with E-state index < -0.39 is 53.5 Å². The highest BCUT2D eigenvalue weighted by molar-refractivity contribution is 6.30. The minimum atomic E-state index is -0.745. The first-order chi connectivity index (χ1) is 27.5. The van der Waals surface area contributed by atoms with Crippen molar-refractivity contribution in [3.05, 3.63) is 108 Å². The van der Waals surface area contributed by atoms with Crippen molar-refractivity contribution in [1.29, 1.82) is 0 Å². The van der Waals surface area contributed by atoms with Crippen molar-refractivity contribution < 1.29 is 43.2 Å². The summed E-state index contributed by atoms with van der Waals surface area (Å²) in [6, 6.07) is 18.8. The van der Waals surface area contributed by atoms with Gasteiger partial charge in [0.05, 0.1) is 0 Å². The molecule has 58 heavy (non-hydrogen) atoms. The lowest BCUT2D eigenvalue weighted by molar-refractivity contribution is -0.136. The maximum absolute atomic E-state index is 12.6. The van der Waals surface area contributed by atoms with Gasteiger partial charge in [-0.15, -0.1) is 0 Å². The van der Waals surface area contributed by atoms with Gasteiger partial charge in [-0.1, -0.05) is 0 Å². The van der Waals surface area contributed by atoms with Crippen LogP contribution >= 0.6 is 0 Å². The highest BCUT2D eigenvalue weighted by Gasteiger charge is 2.40. The Morgan fingerprint density at radius 3 is 0.724 bits per heavy atom. The molecule has 3 aliphatic heterocycles. The topological polar surface area (TPSA) is 212 Å². The summed E-state index contributed by atoms with van der Waals surface area (Å²) in [6.07, 6.45) is 3.72. The van der Waals surface area contributed by atoms with Crippen LogP contribution in [0.15, 0.2) is 108 Å². The minimum absolute atomic E-state index is 0.224. The van der Waals surface area contributed by atoms with Gasteiger partial charge in [0, 0.05) is 95.0 Å². The number of rotatable bonds is 9. The zero-order valence-corrected chi connectivity index (χ0v) is 32.0. The lowest BCUT2D eigenvalue weighted by atomic mass is 10.1. The zero-order chi connectivity index (χ0) is 42.2. The zero-order valence-electron chi connectivity index (χ0n) is 32.0.